The zero-order valence-corrected chi connectivity index (χ0v) is 20.1. The van der Waals surface area contributed by atoms with Gasteiger partial charge in [-0.05, 0) is 49.2 Å². The molecule has 0 saturated heterocycles. The Labute approximate surface area is 169 Å². The lowest BCUT2D eigenvalue weighted by molar-refractivity contribution is -0.131. The maximum atomic E-state index is 13.0. The fraction of sp³-hybridized carbons (Fsp3) is 0.400. The van der Waals surface area contributed by atoms with Crippen molar-refractivity contribution in [1.29, 1.82) is 0 Å². The zero-order valence-electron chi connectivity index (χ0n) is 17.1. The van der Waals surface area contributed by atoms with Crippen LogP contribution in [0.25, 0.3) is 0 Å². The molecular formula is C20H29F3O2Si3. The number of rotatable bonds is 8. The normalized spacial score (nSPS) is 13.6. The second-order valence-electron chi connectivity index (χ2n) is 8.21. The lowest BCUT2D eigenvalue weighted by Crippen LogP contribution is -2.61. The van der Waals surface area contributed by atoms with E-state index in [2.05, 4.69) is 0 Å². The van der Waals surface area contributed by atoms with Crippen LogP contribution in [0.3, 0.4) is 0 Å². The number of halogens is 3. The van der Waals surface area contributed by atoms with E-state index in [0.717, 1.165) is 10.4 Å². The van der Waals surface area contributed by atoms with Crippen LogP contribution in [0, 0.1) is 0 Å². The molecule has 0 N–H and O–H groups in total. The van der Waals surface area contributed by atoms with Gasteiger partial charge in [0.1, 0.15) is 0 Å². The van der Waals surface area contributed by atoms with Crippen molar-refractivity contribution in [3.8, 4) is 0 Å². The summed E-state index contributed by atoms with van der Waals surface area (Å²) in [5.41, 5.74) is 0. The molecule has 0 fully saturated rings. The summed E-state index contributed by atoms with van der Waals surface area (Å²) < 4.78 is 52.2. The van der Waals surface area contributed by atoms with Gasteiger partial charge in [-0.25, -0.2) is 0 Å². The van der Waals surface area contributed by atoms with Gasteiger partial charge < -0.3 is 8.23 Å². The molecule has 0 radical (unpaired) electrons. The Hall–Kier alpha value is -1.20. The van der Waals surface area contributed by atoms with E-state index >= 15 is 0 Å². The van der Waals surface area contributed by atoms with Crippen molar-refractivity contribution in [3.63, 3.8) is 0 Å². The molecule has 0 unspecified atom stereocenters. The summed E-state index contributed by atoms with van der Waals surface area (Å²) >= 11 is 0. The van der Waals surface area contributed by atoms with E-state index in [1.54, 1.807) is 6.55 Å². The summed E-state index contributed by atoms with van der Waals surface area (Å²) in [5, 5.41) is 2.12. The average Bonchev–Trinajstić information content (AvgIpc) is 2.60. The molecule has 0 saturated carbocycles. The minimum absolute atomic E-state index is 0.0942. The monoisotopic (exact) mass is 442 g/mol. The summed E-state index contributed by atoms with van der Waals surface area (Å²) in [6.45, 7) is 9.92. The van der Waals surface area contributed by atoms with E-state index < -0.39 is 37.8 Å². The molecule has 2 aromatic rings. The number of hydrogen-bond acceptors (Lipinski definition) is 2. The molecular weight excluding hydrogens is 413 g/mol. The quantitative estimate of drug-likeness (QED) is 0.519. The van der Waals surface area contributed by atoms with Crippen LogP contribution < -0.4 is 10.4 Å². The third kappa shape index (κ3) is 6.70. The van der Waals surface area contributed by atoms with Crippen molar-refractivity contribution >= 4 is 35.6 Å². The van der Waals surface area contributed by atoms with Crippen LogP contribution in [0.5, 0.6) is 0 Å². The van der Waals surface area contributed by atoms with Crippen LogP contribution in [-0.4, -0.2) is 31.4 Å². The third-order valence-corrected chi connectivity index (χ3v) is 16.9. The maximum Gasteiger partial charge on any atom is 0.389 e. The fourth-order valence-electron chi connectivity index (χ4n) is 3.37. The molecule has 0 spiro atoms. The second-order valence-corrected chi connectivity index (χ2v) is 19.8. The van der Waals surface area contributed by atoms with Gasteiger partial charge in [0.15, 0.2) is 0 Å². The largest absolute Gasteiger partial charge is 0.432 e. The summed E-state index contributed by atoms with van der Waals surface area (Å²) in [6.07, 6.45) is -5.11. The summed E-state index contributed by atoms with van der Waals surface area (Å²) in [6, 6.07) is 19.5. The highest BCUT2D eigenvalue weighted by Gasteiger charge is 2.46. The number of alkyl halides is 3. The maximum absolute atomic E-state index is 13.0. The Bertz CT molecular complexity index is 697. The van der Waals surface area contributed by atoms with Gasteiger partial charge in [0.25, 0.3) is 0 Å². The van der Waals surface area contributed by atoms with Gasteiger partial charge in [-0.15, -0.1) is 0 Å². The molecule has 0 heterocycles. The molecule has 2 nitrogen and oxygen atoms in total. The Kier molecular flexibility index (Phi) is 7.14. The molecule has 2 rings (SSSR count). The molecule has 0 aliphatic carbocycles. The summed E-state index contributed by atoms with van der Waals surface area (Å²) in [5.74, 6) is 0. The van der Waals surface area contributed by atoms with Gasteiger partial charge in [-0.1, -0.05) is 60.7 Å². The Balaban J connectivity index is 2.31. The van der Waals surface area contributed by atoms with E-state index in [1.807, 2.05) is 86.9 Å². The first-order valence-electron chi connectivity index (χ1n) is 9.41. The van der Waals surface area contributed by atoms with Crippen LogP contribution in [0.1, 0.15) is 6.42 Å². The number of benzene rings is 2. The van der Waals surface area contributed by atoms with Crippen LogP contribution in [0.4, 0.5) is 13.2 Å². The van der Waals surface area contributed by atoms with Gasteiger partial charge >= 0.3 is 14.7 Å². The molecule has 0 aliphatic rings. The molecule has 0 atom stereocenters. The third-order valence-electron chi connectivity index (χ3n) is 4.74. The zero-order chi connectivity index (χ0) is 21.1. The first-order valence-corrected chi connectivity index (χ1v) is 17.8. The number of hydrogen-bond donors (Lipinski definition) is 0. The molecule has 0 amide bonds. The molecule has 154 valence electrons. The predicted molar refractivity (Wildman–Crippen MR) is 116 cm³/mol. The van der Waals surface area contributed by atoms with E-state index in [0.29, 0.717) is 0 Å². The van der Waals surface area contributed by atoms with Crippen molar-refractivity contribution < 1.29 is 21.4 Å². The van der Waals surface area contributed by atoms with Crippen LogP contribution in [0.15, 0.2) is 60.7 Å². The van der Waals surface area contributed by atoms with E-state index in [-0.39, 0.29) is 6.04 Å². The van der Waals surface area contributed by atoms with Crippen molar-refractivity contribution in [3.05, 3.63) is 60.7 Å². The Morgan fingerprint density at radius 1 is 0.679 bits per heavy atom. The molecule has 0 aliphatic heterocycles. The highest BCUT2D eigenvalue weighted by molar-refractivity contribution is 6.96. The molecule has 0 bridgehead atoms. The molecule has 8 heteroatoms. The Morgan fingerprint density at radius 3 is 1.36 bits per heavy atom. The van der Waals surface area contributed by atoms with Crippen molar-refractivity contribution in [2.24, 2.45) is 0 Å². The lowest BCUT2D eigenvalue weighted by atomic mass is 10.4. The van der Waals surface area contributed by atoms with Gasteiger partial charge in [-0.3, -0.25) is 0 Å². The average molecular weight is 443 g/mol. The van der Waals surface area contributed by atoms with Gasteiger partial charge in [0, 0.05) is 6.42 Å². The minimum atomic E-state index is -4.22. The predicted octanol–water partition coefficient (Wildman–Crippen LogP) is 5.27. The van der Waals surface area contributed by atoms with E-state index in [1.165, 1.54) is 0 Å². The SMILES string of the molecule is C[Si](CCC(F)(F)F)(O[Si](C)(C)c1ccccc1)O[Si](C)(C)c1ccccc1. The van der Waals surface area contributed by atoms with Crippen molar-refractivity contribution in [2.45, 2.75) is 51.4 Å². The van der Waals surface area contributed by atoms with Crippen LogP contribution in [-0.2, 0) is 8.23 Å². The van der Waals surface area contributed by atoms with Gasteiger partial charge in [-0.2, -0.15) is 13.2 Å². The highest BCUT2D eigenvalue weighted by Crippen LogP contribution is 2.31. The summed E-state index contributed by atoms with van der Waals surface area (Å²) in [4.78, 5) is 0. The standard InChI is InChI=1S/C20H29F3O2Si3/c1-26(2,18-12-8-6-9-13-18)24-28(5,17-16-20(21,22)23)25-27(3,4)19-14-10-7-11-15-19/h6-15H,16-17H2,1-5H3. The topological polar surface area (TPSA) is 18.5 Å². The first kappa shape index (κ1) is 23.1. The fourth-order valence-corrected chi connectivity index (χ4v) is 17.0. The smallest absolute Gasteiger partial charge is 0.389 e. The van der Waals surface area contributed by atoms with Crippen LogP contribution >= 0.6 is 0 Å². The van der Waals surface area contributed by atoms with Crippen LogP contribution in [0.2, 0.25) is 38.8 Å². The van der Waals surface area contributed by atoms with Crippen molar-refractivity contribution in [2.75, 3.05) is 0 Å². The minimum Gasteiger partial charge on any atom is -0.432 e. The van der Waals surface area contributed by atoms with Gasteiger partial charge in [0.05, 0.1) is 0 Å². The Morgan fingerprint density at radius 2 is 1.04 bits per heavy atom. The van der Waals surface area contributed by atoms with E-state index in [9.17, 15) is 13.2 Å². The highest BCUT2D eigenvalue weighted by atomic mass is 28.5. The lowest BCUT2D eigenvalue weighted by Gasteiger charge is -2.41. The molecule has 0 aromatic heterocycles. The summed E-state index contributed by atoms with van der Waals surface area (Å²) in [7, 11) is -7.93. The van der Waals surface area contributed by atoms with E-state index in [4.69, 9.17) is 8.23 Å². The first-order chi connectivity index (χ1) is 12.8. The second kappa shape index (κ2) is 8.66. The van der Waals surface area contributed by atoms with Crippen molar-refractivity contribution in [1.82, 2.24) is 0 Å². The van der Waals surface area contributed by atoms with Gasteiger partial charge in [0.2, 0.25) is 16.6 Å². The molecule has 2 aromatic carbocycles. The molecule has 28 heavy (non-hydrogen) atoms.